The number of aryl methyl sites for hydroxylation is 2. The minimum atomic E-state index is -0.0108. The van der Waals surface area contributed by atoms with E-state index in [1.165, 1.54) is 34.0 Å². The highest BCUT2D eigenvalue weighted by atomic mass is 32.2. The largest absolute Gasteiger partial charge is 0.325 e. The van der Waals surface area contributed by atoms with E-state index in [0.717, 1.165) is 40.1 Å². The first-order valence-electron chi connectivity index (χ1n) is 8.86. The van der Waals surface area contributed by atoms with Gasteiger partial charge in [-0.05, 0) is 49.8 Å². The second-order valence-electron chi connectivity index (χ2n) is 6.81. The van der Waals surface area contributed by atoms with Crippen molar-refractivity contribution in [3.05, 3.63) is 46.6 Å². The van der Waals surface area contributed by atoms with E-state index in [2.05, 4.69) is 22.2 Å². The molecule has 1 N–H and O–H groups in total. The average Bonchev–Trinajstić information content (AvgIpc) is 2.97. The van der Waals surface area contributed by atoms with Gasteiger partial charge in [0.1, 0.15) is 15.7 Å². The summed E-state index contributed by atoms with van der Waals surface area (Å²) in [6.07, 6.45) is 3.44. The lowest BCUT2D eigenvalue weighted by Crippen LogP contribution is -2.14. The summed E-state index contributed by atoms with van der Waals surface area (Å²) in [6, 6.07) is 9.56. The van der Waals surface area contributed by atoms with Gasteiger partial charge in [-0.2, -0.15) is 0 Å². The Morgan fingerprint density at radius 1 is 1.31 bits per heavy atom. The number of thiophene rings is 1. The minimum absolute atomic E-state index is 0.0108. The summed E-state index contributed by atoms with van der Waals surface area (Å²) >= 11 is 3.32. The Bertz CT molecular complexity index is 953. The maximum Gasteiger partial charge on any atom is 0.234 e. The molecule has 0 radical (unpaired) electrons. The van der Waals surface area contributed by atoms with Crippen LogP contribution in [-0.4, -0.2) is 21.6 Å². The van der Waals surface area contributed by atoms with Crippen LogP contribution >= 0.6 is 23.1 Å². The molecule has 2 heterocycles. The molecule has 1 amide bonds. The Hall–Kier alpha value is -1.92. The van der Waals surface area contributed by atoms with Gasteiger partial charge in [-0.15, -0.1) is 11.3 Å². The van der Waals surface area contributed by atoms with Crippen molar-refractivity contribution in [2.45, 2.75) is 38.1 Å². The fourth-order valence-corrected chi connectivity index (χ4v) is 5.76. The first kappa shape index (κ1) is 17.5. The number of carbonyl (C=O) groups is 1. The summed E-state index contributed by atoms with van der Waals surface area (Å²) in [6.45, 7) is 4.24. The lowest BCUT2D eigenvalue weighted by Gasteiger charge is -2.18. The van der Waals surface area contributed by atoms with E-state index in [1.54, 1.807) is 11.3 Å². The first-order valence-corrected chi connectivity index (χ1v) is 10.7. The lowest BCUT2D eigenvalue weighted by atomic mass is 9.89. The van der Waals surface area contributed by atoms with Gasteiger partial charge in [0.05, 0.1) is 5.75 Å². The van der Waals surface area contributed by atoms with Gasteiger partial charge in [0.15, 0.2) is 0 Å². The maximum absolute atomic E-state index is 12.3. The number of nitrogens with one attached hydrogen (secondary N) is 1. The molecule has 1 unspecified atom stereocenters. The molecule has 134 valence electrons. The van der Waals surface area contributed by atoms with Crippen molar-refractivity contribution in [3.8, 4) is 0 Å². The van der Waals surface area contributed by atoms with Crippen LogP contribution in [0.25, 0.3) is 10.2 Å². The van der Waals surface area contributed by atoms with Crippen LogP contribution in [0.15, 0.2) is 35.4 Å². The summed E-state index contributed by atoms with van der Waals surface area (Å²) in [5, 5.41) is 5.06. The molecule has 4 nitrogen and oxygen atoms in total. The predicted octanol–water partition coefficient (Wildman–Crippen LogP) is 4.86. The second-order valence-corrected chi connectivity index (χ2v) is 8.86. The number of thioether (sulfide) groups is 1. The summed E-state index contributed by atoms with van der Waals surface area (Å²) < 4.78 is 0. The number of aromatic nitrogens is 2. The molecule has 0 fully saturated rings. The van der Waals surface area contributed by atoms with E-state index in [9.17, 15) is 4.79 Å². The van der Waals surface area contributed by atoms with Gasteiger partial charge in [0, 0.05) is 16.0 Å². The number of anilines is 1. The standard InChI is InChI=1S/C20H21N3OS2/c1-12-8-9-15-16(10-12)26-20-18(15)19(21-13(2)22-20)25-11-17(24)23-14-6-4-3-5-7-14/h3-7,12H,8-11H2,1-2H3,(H,23,24). The Labute approximate surface area is 161 Å². The Morgan fingerprint density at radius 3 is 2.92 bits per heavy atom. The number of nitrogens with zero attached hydrogens (tertiary/aromatic N) is 2. The molecular weight excluding hydrogens is 362 g/mol. The van der Waals surface area contributed by atoms with Gasteiger partial charge < -0.3 is 5.32 Å². The number of carbonyl (C=O) groups excluding carboxylic acids is 1. The highest BCUT2D eigenvalue weighted by Gasteiger charge is 2.24. The zero-order valence-corrected chi connectivity index (χ0v) is 16.5. The van der Waals surface area contributed by atoms with Gasteiger partial charge in [-0.1, -0.05) is 36.9 Å². The van der Waals surface area contributed by atoms with Crippen LogP contribution in [0.1, 0.15) is 29.6 Å². The third-order valence-corrected chi connectivity index (χ3v) is 6.75. The molecule has 0 saturated carbocycles. The predicted molar refractivity (Wildman–Crippen MR) is 109 cm³/mol. The normalized spacial score (nSPS) is 16.5. The van der Waals surface area contributed by atoms with Crippen molar-refractivity contribution in [2.75, 3.05) is 11.1 Å². The van der Waals surface area contributed by atoms with E-state index >= 15 is 0 Å². The summed E-state index contributed by atoms with van der Waals surface area (Å²) in [7, 11) is 0. The number of hydrogen-bond acceptors (Lipinski definition) is 5. The minimum Gasteiger partial charge on any atom is -0.325 e. The Kier molecular flexibility index (Phi) is 4.96. The van der Waals surface area contributed by atoms with Crippen molar-refractivity contribution in [1.29, 1.82) is 0 Å². The van der Waals surface area contributed by atoms with E-state index in [1.807, 2.05) is 37.3 Å². The highest BCUT2D eigenvalue weighted by molar-refractivity contribution is 8.00. The number of hydrogen-bond donors (Lipinski definition) is 1. The van der Waals surface area contributed by atoms with Gasteiger partial charge in [0.2, 0.25) is 5.91 Å². The third-order valence-electron chi connectivity index (χ3n) is 4.63. The molecular formula is C20H21N3OS2. The lowest BCUT2D eigenvalue weighted by molar-refractivity contribution is -0.113. The number of para-hydroxylation sites is 1. The first-order chi connectivity index (χ1) is 12.6. The molecule has 0 aliphatic heterocycles. The van der Waals surface area contributed by atoms with Gasteiger partial charge in [0.25, 0.3) is 0 Å². The zero-order chi connectivity index (χ0) is 18.1. The summed E-state index contributed by atoms with van der Waals surface area (Å²) in [4.78, 5) is 24.1. The van der Waals surface area contributed by atoms with Crippen LogP contribution in [0.5, 0.6) is 0 Å². The molecule has 3 aromatic rings. The summed E-state index contributed by atoms with van der Waals surface area (Å²) in [5.41, 5.74) is 2.23. The SMILES string of the molecule is Cc1nc(SCC(=O)Nc2ccccc2)c2c3c(sc2n1)CC(C)CC3. The fourth-order valence-electron chi connectivity index (χ4n) is 3.37. The van der Waals surface area contributed by atoms with Crippen LogP contribution in [0, 0.1) is 12.8 Å². The Balaban J connectivity index is 1.57. The molecule has 1 aliphatic carbocycles. The van der Waals surface area contributed by atoms with Crippen LogP contribution in [0.3, 0.4) is 0 Å². The van der Waals surface area contributed by atoms with Crippen molar-refractivity contribution >= 4 is 44.9 Å². The summed E-state index contributed by atoms with van der Waals surface area (Å²) in [5.74, 6) is 1.84. The third kappa shape index (κ3) is 3.62. The number of benzene rings is 1. The van der Waals surface area contributed by atoms with Gasteiger partial charge in [-0.3, -0.25) is 4.79 Å². The van der Waals surface area contributed by atoms with Gasteiger partial charge >= 0.3 is 0 Å². The molecule has 0 spiro atoms. The molecule has 6 heteroatoms. The number of rotatable bonds is 4. The van der Waals surface area contributed by atoms with E-state index in [4.69, 9.17) is 0 Å². The van der Waals surface area contributed by atoms with Crippen molar-refractivity contribution in [2.24, 2.45) is 5.92 Å². The van der Waals surface area contributed by atoms with E-state index in [0.29, 0.717) is 5.75 Å². The highest BCUT2D eigenvalue weighted by Crippen LogP contribution is 2.40. The van der Waals surface area contributed by atoms with E-state index < -0.39 is 0 Å². The molecule has 26 heavy (non-hydrogen) atoms. The van der Waals surface area contributed by atoms with Crippen LogP contribution < -0.4 is 5.32 Å². The smallest absolute Gasteiger partial charge is 0.234 e. The van der Waals surface area contributed by atoms with Crippen LogP contribution in [0.4, 0.5) is 5.69 Å². The monoisotopic (exact) mass is 383 g/mol. The average molecular weight is 384 g/mol. The maximum atomic E-state index is 12.3. The van der Waals surface area contributed by atoms with Crippen LogP contribution in [-0.2, 0) is 17.6 Å². The second kappa shape index (κ2) is 7.37. The van der Waals surface area contributed by atoms with Gasteiger partial charge in [-0.25, -0.2) is 9.97 Å². The van der Waals surface area contributed by atoms with E-state index in [-0.39, 0.29) is 5.91 Å². The van der Waals surface area contributed by atoms with Crippen molar-refractivity contribution < 1.29 is 4.79 Å². The molecule has 2 aromatic heterocycles. The number of amides is 1. The molecule has 0 saturated heterocycles. The van der Waals surface area contributed by atoms with Crippen LogP contribution in [0.2, 0.25) is 0 Å². The molecule has 1 aliphatic rings. The Morgan fingerprint density at radius 2 is 2.12 bits per heavy atom. The number of fused-ring (bicyclic) bond motifs is 3. The molecule has 1 atom stereocenters. The topological polar surface area (TPSA) is 54.9 Å². The quantitative estimate of drug-likeness (QED) is 0.517. The fraction of sp³-hybridized carbons (Fsp3) is 0.350. The molecule has 1 aromatic carbocycles. The van der Waals surface area contributed by atoms with Crippen molar-refractivity contribution in [3.63, 3.8) is 0 Å². The van der Waals surface area contributed by atoms with Crippen molar-refractivity contribution in [1.82, 2.24) is 9.97 Å². The molecule has 0 bridgehead atoms. The zero-order valence-electron chi connectivity index (χ0n) is 14.9. The molecule has 4 rings (SSSR count).